The van der Waals surface area contributed by atoms with Crippen LogP contribution in [-0.4, -0.2) is 52.6 Å². The van der Waals surface area contributed by atoms with Crippen LogP contribution in [0.25, 0.3) is 11.3 Å². The van der Waals surface area contributed by atoms with E-state index in [4.69, 9.17) is 9.72 Å². The number of allylic oxidation sites excluding steroid dienone is 5. The highest BCUT2D eigenvalue weighted by Crippen LogP contribution is 2.21. The average Bonchev–Trinajstić information content (AvgIpc) is 2.85. The number of amides is 1. The number of anilines is 1. The van der Waals surface area contributed by atoms with Crippen LogP contribution in [0.2, 0.25) is 0 Å². The van der Waals surface area contributed by atoms with Crippen LogP contribution in [0.15, 0.2) is 89.3 Å². The number of hydrogen-bond donors (Lipinski definition) is 2. The number of hydrogen-bond acceptors (Lipinski definition) is 5. The first-order valence-electron chi connectivity index (χ1n) is 12.5. The first-order chi connectivity index (χ1) is 17.5. The molecule has 0 spiro atoms. The van der Waals surface area contributed by atoms with E-state index in [9.17, 15) is 4.79 Å². The number of benzene rings is 1. The first kappa shape index (κ1) is 27.6. The van der Waals surface area contributed by atoms with Crippen LogP contribution in [0.3, 0.4) is 0 Å². The van der Waals surface area contributed by atoms with Gasteiger partial charge in [0.15, 0.2) is 6.21 Å². The van der Waals surface area contributed by atoms with Gasteiger partial charge in [0.25, 0.3) is 0 Å². The second kappa shape index (κ2) is 12.3. The summed E-state index contributed by atoms with van der Waals surface area (Å²) in [6, 6.07) is 12.0. The standard InChI is InChI=1S/C30H37N5O2/c1-21(2)26(34-29(36)37-30(4,5)6)14-13-22(3)25-20-35(7)18-16-24(25)19-32-28-31-17-15-27(33-28)23-11-9-8-10-12-23/h8-15,17,20H,1,16,18-19H2,2-7H3,(H-,31,32,33,34,36)/p+1/b22-13+,26-14+. The van der Waals surface area contributed by atoms with E-state index in [1.54, 1.807) is 6.20 Å². The largest absolute Gasteiger partial charge is 0.444 e. The van der Waals surface area contributed by atoms with Crippen molar-refractivity contribution in [2.45, 2.75) is 46.6 Å². The van der Waals surface area contributed by atoms with Crippen molar-refractivity contribution in [1.82, 2.24) is 15.3 Å². The van der Waals surface area contributed by atoms with Crippen LogP contribution in [-0.2, 0) is 4.74 Å². The van der Waals surface area contributed by atoms with E-state index in [0.717, 1.165) is 40.9 Å². The lowest BCUT2D eigenvalue weighted by Crippen LogP contribution is -2.32. The summed E-state index contributed by atoms with van der Waals surface area (Å²) in [6.07, 6.45) is 8.22. The van der Waals surface area contributed by atoms with Gasteiger partial charge in [-0.1, -0.05) is 43.0 Å². The van der Waals surface area contributed by atoms with Gasteiger partial charge in [0.2, 0.25) is 5.95 Å². The average molecular weight is 501 g/mol. The van der Waals surface area contributed by atoms with Crippen molar-refractivity contribution in [3.8, 4) is 11.3 Å². The molecule has 194 valence electrons. The zero-order valence-corrected chi connectivity index (χ0v) is 22.8. The van der Waals surface area contributed by atoms with Gasteiger partial charge in [-0.15, -0.1) is 0 Å². The molecule has 1 aromatic heterocycles. The summed E-state index contributed by atoms with van der Waals surface area (Å²) in [5.74, 6) is 0.597. The molecule has 0 bridgehead atoms. The molecule has 37 heavy (non-hydrogen) atoms. The SMILES string of the molecule is C=C(C)/C(=C\C=C(/C)C1=C(CNc2nccc(-c3ccccc3)n2)CC[N+](C)=C1)NC(=O)OC(C)(C)C. The minimum Gasteiger partial charge on any atom is -0.444 e. The number of ether oxygens (including phenoxy) is 1. The number of aromatic nitrogens is 2. The van der Waals surface area contributed by atoms with E-state index in [2.05, 4.69) is 47.0 Å². The molecule has 0 radical (unpaired) electrons. The fourth-order valence-electron chi connectivity index (χ4n) is 3.79. The van der Waals surface area contributed by atoms with E-state index in [1.165, 1.54) is 5.57 Å². The van der Waals surface area contributed by atoms with Crippen molar-refractivity contribution < 1.29 is 14.1 Å². The Morgan fingerprint density at radius 3 is 2.57 bits per heavy atom. The number of carbonyl (C=O) groups is 1. The highest BCUT2D eigenvalue weighted by atomic mass is 16.6. The van der Waals surface area contributed by atoms with E-state index < -0.39 is 11.7 Å². The van der Waals surface area contributed by atoms with Crippen LogP contribution in [0.5, 0.6) is 0 Å². The van der Waals surface area contributed by atoms with Gasteiger partial charge in [-0.3, -0.25) is 5.32 Å². The fraction of sp³-hybridized carbons (Fsp3) is 0.333. The third-order valence-electron chi connectivity index (χ3n) is 5.70. The Morgan fingerprint density at radius 1 is 1.16 bits per heavy atom. The van der Waals surface area contributed by atoms with Gasteiger partial charge >= 0.3 is 6.09 Å². The first-order valence-corrected chi connectivity index (χ1v) is 12.5. The van der Waals surface area contributed by atoms with Crippen molar-refractivity contribution in [3.05, 3.63) is 89.3 Å². The van der Waals surface area contributed by atoms with Gasteiger partial charge in [-0.05, 0) is 63.5 Å². The fourth-order valence-corrected chi connectivity index (χ4v) is 3.79. The topological polar surface area (TPSA) is 79.2 Å². The molecular weight excluding hydrogens is 462 g/mol. The van der Waals surface area contributed by atoms with Crippen molar-refractivity contribution in [2.75, 3.05) is 25.5 Å². The molecule has 0 fully saturated rings. The lowest BCUT2D eigenvalue weighted by atomic mass is 9.96. The Kier molecular flexibility index (Phi) is 9.17. The maximum atomic E-state index is 12.3. The summed E-state index contributed by atoms with van der Waals surface area (Å²) < 4.78 is 7.57. The van der Waals surface area contributed by atoms with Gasteiger partial charge < -0.3 is 10.1 Å². The van der Waals surface area contributed by atoms with Crippen molar-refractivity contribution in [2.24, 2.45) is 0 Å². The molecule has 7 heteroatoms. The summed E-state index contributed by atoms with van der Waals surface area (Å²) in [5, 5.41) is 6.21. The Balaban J connectivity index is 1.80. The molecule has 3 rings (SSSR count). The Labute approximate surface area is 220 Å². The second-order valence-corrected chi connectivity index (χ2v) is 10.2. The number of nitrogens with one attached hydrogen (secondary N) is 2. The number of nitrogens with zero attached hydrogens (tertiary/aromatic N) is 3. The maximum absolute atomic E-state index is 12.3. The molecule has 2 aromatic rings. The van der Waals surface area contributed by atoms with Crippen molar-refractivity contribution in [3.63, 3.8) is 0 Å². The minimum atomic E-state index is -0.575. The summed E-state index contributed by atoms with van der Waals surface area (Å²) in [7, 11) is 2.07. The van der Waals surface area contributed by atoms with E-state index in [1.807, 2.05) is 76.2 Å². The molecule has 0 saturated heterocycles. The zero-order valence-electron chi connectivity index (χ0n) is 22.8. The van der Waals surface area contributed by atoms with E-state index in [-0.39, 0.29) is 0 Å². The molecule has 0 aliphatic carbocycles. The number of alkyl carbamates (subject to hydrolysis) is 1. The summed E-state index contributed by atoms with van der Waals surface area (Å²) in [4.78, 5) is 21.4. The summed E-state index contributed by atoms with van der Waals surface area (Å²) >= 11 is 0. The van der Waals surface area contributed by atoms with Gasteiger partial charge in [-0.2, -0.15) is 0 Å². The third-order valence-corrected chi connectivity index (χ3v) is 5.70. The molecular formula is C30H38N5O2+. The van der Waals surface area contributed by atoms with E-state index in [0.29, 0.717) is 18.2 Å². The van der Waals surface area contributed by atoms with Crippen LogP contribution < -0.4 is 10.6 Å². The minimum absolute atomic E-state index is 0.501. The number of rotatable bonds is 8. The van der Waals surface area contributed by atoms with Crippen LogP contribution in [0, 0.1) is 0 Å². The molecule has 2 heterocycles. The molecule has 0 saturated carbocycles. The molecule has 2 N–H and O–H groups in total. The van der Waals surface area contributed by atoms with Crippen molar-refractivity contribution in [1.29, 1.82) is 0 Å². The smallest absolute Gasteiger partial charge is 0.412 e. The van der Waals surface area contributed by atoms with Gasteiger partial charge in [0.05, 0.1) is 5.69 Å². The Morgan fingerprint density at radius 2 is 1.89 bits per heavy atom. The van der Waals surface area contributed by atoms with Crippen LogP contribution >= 0.6 is 0 Å². The molecule has 0 atom stereocenters. The Bertz CT molecular complexity index is 1260. The van der Waals surface area contributed by atoms with Gasteiger partial charge in [-0.25, -0.2) is 19.3 Å². The zero-order chi connectivity index (χ0) is 27.0. The maximum Gasteiger partial charge on any atom is 0.412 e. The van der Waals surface area contributed by atoms with Gasteiger partial charge in [0, 0.05) is 36.0 Å². The number of carbonyl (C=O) groups excluding carboxylic acids is 1. The molecule has 1 amide bonds. The van der Waals surface area contributed by atoms with Crippen molar-refractivity contribution >= 4 is 18.3 Å². The molecule has 0 unspecified atom stereocenters. The highest BCUT2D eigenvalue weighted by molar-refractivity contribution is 5.83. The summed E-state index contributed by atoms with van der Waals surface area (Å²) in [5.41, 5.74) is 6.21. The lowest BCUT2D eigenvalue weighted by molar-refractivity contribution is -0.492. The summed E-state index contributed by atoms with van der Waals surface area (Å²) in [6.45, 7) is 15.0. The predicted octanol–water partition coefficient (Wildman–Crippen LogP) is 5.90. The van der Waals surface area contributed by atoms with Crippen LogP contribution in [0.1, 0.15) is 41.0 Å². The van der Waals surface area contributed by atoms with E-state index >= 15 is 0 Å². The van der Waals surface area contributed by atoms with Gasteiger partial charge in [0.1, 0.15) is 19.2 Å². The molecule has 1 aliphatic heterocycles. The monoisotopic (exact) mass is 500 g/mol. The van der Waals surface area contributed by atoms with Crippen LogP contribution in [0.4, 0.5) is 10.7 Å². The predicted molar refractivity (Wildman–Crippen MR) is 151 cm³/mol. The second-order valence-electron chi connectivity index (χ2n) is 10.2. The third kappa shape index (κ3) is 8.56. The molecule has 7 nitrogen and oxygen atoms in total. The lowest BCUT2D eigenvalue weighted by Gasteiger charge is -2.20. The molecule has 1 aliphatic rings. The normalized spacial score (nSPS) is 14.7. The highest BCUT2D eigenvalue weighted by Gasteiger charge is 2.19. The molecule has 1 aromatic carbocycles. The Hall–Kier alpha value is -4.00. The quantitative estimate of drug-likeness (QED) is 0.348.